The molecule has 5 nitrogen and oxygen atoms in total. The Morgan fingerprint density at radius 2 is 1.75 bits per heavy atom. The van der Waals surface area contributed by atoms with Gasteiger partial charge in [0, 0.05) is 0 Å². The molecule has 0 amide bonds. The molecular formula is C7H5N5. The van der Waals surface area contributed by atoms with E-state index in [4.69, 9.17) is 21.5 Å². The van der Waals surface area contributed by atoms with Crippen molar-refractivity contribution in [2.24, 2.45) is 10.7 Å². The molecule has 0 aromatic rings. The van der Waals surface area contributed by atoms with E-state index in [0.717, 1.165) is 0 Å². The number of nitrogens with two attached hydrogens (primary N) is 1. The zero-order valence-electron chi connectivity index (χ0n) is 6.37. The van der Waals surface area contributed by atoms with Gasteiger partial charge in [0.2, 0.25) is 0 Å². The Labute approximate surface area is 69.7 Å². The smallest absolute Gasteiger partial charge is 0.175 e. The van der Waals surface area contributed by atoms with E-state index in [-0.39, 0.29) is 17.1 Å². The summed E-state index contributed by atoms with van der Waals surface area (Å²) >= 11 is 0. The minimum absolute atomic E-state index is 0.0877. The van der Waals surface area contributed by atoms with Crippen LogP contribution in [0.4, 0.5) is 0 Å². The molecule has 58 valence electrons. The molecule has 0 atom stereocenters. The molecule has 0 fully saturated rings. The lowest BCUT2D eigenvalue weighted by Crippen LogP contribution is -1.98. The molecule has 5 heteroatoms. The van der Waals surface area contributed by atoms with Crippen molar-refractivity contribution >= 4 is 5.71 Å². The Bertz CT molecular complexity index is 355. The monoisotopic (exact) mass is 159 g/mol. The summed E-state index contributed by atoms with van der Waals surface area (Å²) in [6.07, 6.45) is 0. The van der Waals surface area contributed by atoms with Crippen LogP contribution >= 0.6 is 0 Å². The number of aliphatic imine (C=N–C) groups is 1. The van der Waals surface area contributed by atoms with Crippen LogP contribution in [0, 0.1) is 34.0 Å². The maximum absolute atomic E-state index is 8.42. The fraction of sp³-hybridized carbons (Fsp3) is 0.143. The van der Waals surface area contributed by atoms with Crippen LogP contribution in [0.1, 0.15) is 6.92 Å². The summed E-state index contributed by atoms with van der Waals surface area (Å²) in [7, 11) is 0. The summed E-state index contributed by atoms with van der Waals surface area (Å²) < 4.78 is 0. The number of nitrogens with zero attached hydrogens (tertiary/aromatic N) is 4. The highest BCUT2D eigenvalue weighted by molar-refractivity contribution is 5.97. The molecule has 0 unspecified atom stereocenters. The summed E-state index contributed by atoms with van der Waals surface area (Å²) in [5, 5.41) is 25.0. The van der Waals surface area contributed by atoms with Gasteiger partial charge >= 0.3 is 0 Å². The normalized spacial score (nSPS) is 12.0. The van der Waals surface area contributed by atoms with Gasteiger partial charge in [-0.15, -0.1) is 0 Å². The van der Waals surface area contributed by atoms with Crippen LogP contribution < -0.4 is 5.73 Å². The maximum atomic E-state index is 8.42. The Hall–Kier alpha value is -2.32. The Morgan fingerprint density at radius 3 is 2.08 bits per heavy atom. The molecule has 12 heavy (non-hydrogen) atoms. The van der Waals surface area contributed by atoms with Crippen LogP contribution in [0.25, 0.3) is 0 Å². The first-order valence-corrected chi connectivity index (χ1v) is 2.91. The molecule has 0 aliphatic rings. The van der Waals surface area contributed by atoms with Gasteiger partial charge in [0.05, 0.1) is 0 Å². The lowest BCUT2D eigenvalue weighted by Gasteiger charge is -1.89. The second kappa shape index (κ2) is 4.49. The molecule has 0 rings (SSSR count). The van der Waals surface area contributed by atoms with Gasteiger partial charge in [-0.05, 0) is 6.92 Å². The predicted molar refractivity (Wildman–Crippen MR) is 41.2 cm³/mol. The molecule has 0 aromatic carbocycles. The second-order valence-electron chi connectivity index (χ2n) is 1.79. The number of hydrogen-bond donors (Lipinski definition) is 1. The van der Waals surface area contributed by atoms with E-state index in [0.29, 0.717) is 0 Å². The van der Waals surface area contributed by atoms with Gasteiger partial charge in [-0.3, -0.25) is 0 Å². The number of allylic oxidation sites excluding steroid dienone is 2. The molecular weight excluding hydrogens is 154 g/mol. The summed E-state index contributed by atoms with van der Waals surface area (Å²) in [5.74, 6) is 0. The van der Waals surface area contributed by atoms with E-state index in [1.807, 2.05) is 0 Å². The second-order valence-corrected chi connectivity index (χ2v) is 1.79. The van der Waals surface area contributed by atoms with Crippen molar-refractivity contribution in [1.29, 1.82) is 15.8 Å². The van der Waals surface area contributed by atoms with Crippen LogP contribution in [-0.4, -0.2) is 5.71 Å². The van der Waals surface area contributed by atoms with Crippen molar-refractivity contribution in [3.63, 3.8) is 0 Å². The van der Waals surface area contributed by atoms with Gasteiger partial charge in [-0.1, -0.05) is 0 Å². The molecule has 0 saturated carbocycles. The highest BCUT2D eigenvalue weighted by atomic mass is 14.8. The quantitative estimate of drug-likeness (QED) is 0.434. The van der Waals surface area contributed by atoms with Gasteiger partial charge in [-0.2, -0.15) is 15.8 Å². The highest BCUT2D eigenvalue weighted by Crippen LogP contribution is 1.98. The average molecular weight is 159 g/mol. The molecule has 2 N–H and O–H groups in total. The van der Waals surface area contributed by atoms with E-state index >= 15 is 0 Å². The first-order chi connectivity index (χ1) is 5.65. The SMILES string of the molecule is CC(C#N)=NC(C#N)=C(N)C#N. The molecule has 0 bridgehead atoms. The van der Waals surface area contributed by atoms with E-state index in [1.54, 1.807) is 18.2 Å². The van der Waals surface area contributed by atoms with Crippen molar-refractivity contribution in [3.05, 3.63) is 11.4 Å². The van der Waals surface area contributed by atoms with Gasteiger partial charge < -0.3 is 5.73 Å². The summed E-state index contributed by atoms with van der Waals surface area (Å²) in [5.41, 5.74) is 4.69. The summed E-state index contributed by atoms with van der Waals surface area (Å²) in [4.78, 5) is 3.51. The third kappa shape index (κ3) is 2.51. The van der Waals surface area contributed by atoms with Crippen molar-refractivity contribution in [2.45, 2.75) is 6.92 Å². The number of nitriles is 3. The topological polar surface area (TPSA) is 110 Å². The van der Waals surface area contributed by atoms with Crippen LogP contribution in [0.3, 0.4) is 0 Å². The van der Waals surface area contributed by atoms with Gasteiger partial charge in [0.1, 0.15) is 29.6 Å². The molecule has 0 heterocycles. The number of hydrogen-bond acceptors (Lipinski definition) is 5. The third-order valence-electron chi connectivity index (χ3n) is 0.923. The molecule has 0 spiro atoms. The maximum Gasteiger partial charge on any atom is 0.175 e. The van der Waals surface area contributed by atoms with Gasteiger partial charge in [-0.25, -0.2) is 4.99 Å². The minimum Gasteiger partial charge on any atom is -0.388 e. The zero-order valence-corrected chi connectivity index (χ0v) is 6.37. The van der Waals surface area contributed by atoms with E-state index in [1.165, 1.54) is 6.92 Å². The van der Waals surface area contributed by atoms with Crippen molar-refractivity contribution in [3.8, 4) is 18.2 Å². The number of rotatable bonds is 1. The summed E-state index contributed by atoms with van der Waals surface area (Å²) in [6, 6.07) is 4.88. The molecule has 0 radical (unpaired) electrons. The van der Waals surface area contributed by atoms with E-state index < -0.39 is 0 Å². The average Bonchev–Trinajstić information content (AvgIpc) is 2.12. The largest absolute Gasteiger partial charge is 0.388 e. The zero-order chi connectivity index (χ0) is 9.56. The van der Waals surface area contributed by atoms with Crippen molar-refractivity contribution in [1.82, 2.24) is 0 Å². The Kier molecular flexibility index (Phi) is 3.62. The van der Waals surface area contributed by atoms with Crippen LogP contribution in [-0.2, 0) is 0 Å². The standard InChI is InChI=1S/C7H5N5/c1-5(2-8)12-7(4-10)6(11)3-9/h11H2,1H3. The Morgan fingerprint density at radius 1 is 1.17 bits per heavy atom. The summed E-state index contributed by atoms with van der Waals surface area (Å²) in [6.45, 7) is 1.42. The lowest BCUT2D eigenvalue weighted by molar-refractivity contribution is 1.26. The van der Waals surface area contributed by atoms with Crippen LogP contribution in [0.2, 0.25) is 0 Å². The Balaban J connectivity index is 5.07. The minimum atomic E-state index is -0.285. The molecule has 0 saturated heterocycles. The highest BCUT2D eigenvalue weighted by Gasteiger charge is 1.99. The van der Waals surface area contributed by atoms with Crippen LogP contribution in [0.5, 0.6) is 0 Å². The van der Waals surface area contributed by atoms with Gasteiger partial charge in [0.15, 0.2) is 5.70 Å². The van der Waals surface area contributed by atoms with E-state index in [9.17, 15) is 0 Å². The predicted octanol–water partition coefficient (Wildman–Crippen LogP) is 0.188. The lowest BCUT2D eigenvalue weighted by atomic mass is 10.3. The fourth-order valence-corrected chi connectivity index (χ4v) is 0.391. The molecule has 0 aromatic heterocycles. The fourth-order valence-electron chi connectivity index (χ4n) is 0.391. The van der Waals surface area contributed by atoms with Crippen molar-refractivity contribution in [2.75, 3.05) is 0 Å². The molecule has 0 aliphatic heterocycles. The van der Waals surface area contributed by atoms with Crippen LogP contribution in [0.15, 0.2) is 16.4 Å². The van der Waals surface area contributed by atoms with Crippen molar-refractivity contribution < 1.29 is 0 Å². The van der Waals surface area contributed by atoms with Gasteiger partial charge in [0.25, 0.3) is 0 Å². The van der Waals surface area contributed by atoms with E-state index in [2.05, 4.69) is 4.99 Å². The molecule has 0 aliphatic carbocycles. The third-order valence-corrected chi connectivity index (χ3v) is 0.923. The first kappa shape index (κ1) is 9.68. The first-order valence-electron chi connectivity index (χ1n) is 2.91.